The van der Waals surface area contributed by atoms with E-state index >= 15 is 0 Å². The summed E-state index contributed by atoms with van der Waals surface area (Å²) in [6, 6.07) is 11.0. The van der Waals surface area contributed by atoms with Crippen LogP contribution in [0.15, 0.2) is 36.4 Å². The van der Waals surface area contributed by atoms with Crippen LogP contribution in [0.4, 0.5) is 0 Å². The van der Waals surface area contributed by atoms with E-state index in [0.717, 1.165) is 17.7 Å². The first kappa shape index (κ1) is 26.6. The fourth-order valence-electron chi connectivity index (χ4n) is 3.37. The number of thioether (sulfide) groups is 1. The van der Waals surface area contributed by atoms with Crippen LogP contribution in [0.2, 0.25) is 10.0 Å². The first-order valence-corrected chi connectivity index (χ1v) is 12.7. The predicted octanol–water partition coefficient (Wildman–Crippen LogP) is 6.18. The number of aryl methyl sites for hydroxylation is 2. The third kappa shape index (κ3) is 8.02. The van der Waals surface area contributed by atoms with Crippen molar-refractivity contribution in [2.24, 2.45) is 0 Å². The zero-order valence-electron chi connectivity index (χ0n) is 19.4. The van der Waals surface area contributed by atoms with Gasteiger partial charge >= 0.3 is 0 Å². The third-order valence-corrected chi connectivity index (χ3v) is 6.88. The van der Waals surface area contributed by atoms with Crippen molar-refractivity contribution in [1.82, 2.24) is 10.2 Å². The van der Waals surface area contributed by atoms with Crippen LogP contribution in [0.25, 0.3) is 0 Å². The summed E-state index contributed by atoms with van der Waals surface area (Å²) in [6.45, 7) is 10.1. The highest BCUT2D eigenvalue weighted by Crippen LogP contribution is 2.24. The molecule has 1 N–H and O–H groups in total. The van der Waals surface area contributed by atoms with Gasteiger partial charge < -0.3 is 10.2 Å². The van der Waals surface area contributed by atoms with Crippen LogP contribution in [0, 0.1) is 13.8 Å². The molecule has 0 spiro atoms. The summed E-state index contributed by atoms with van der Waals surface area (Å²) in [6.07, 6.45) is 0.821. The van der Waals surface area contributed by atoms with Gasteiger partial charge in [0.2, 0.25) is 11.8 Å². The average molecular weight is 496 g/mol. The van der Waals surface area contributed by atoms with Gasteiger partial charge in [0.1, 0.15) is 6.04 Å². The van der Waals surface area contributed by atoms with Gasteiger partial charge in [-0.2, -0.15) is 0 Å². The minimum Gasteiger partial charge on any atom is -0.352 e. The van der Waals surface area contributed by atoms with Crippen LogP contribution >= 0.6 is 35.0 Å². The molecule has 32 heavy (non-hydrogen) atoms. The number of carbonyl (C=O) groups is 2. The lowest BCUT2D eigenvalue weighted by atomic mass is 10.1. The molecule has 0 saturated carbocycles. The maximum Gasteiger partial charge on any atom is 0.242 e. The van der Waals surface area contributed by atoms with E-state index in [2.05, 4.69) is 37.4 Å². The zero-order valence-corrected chi connectivity index (χ0v) is 21.7. The van der Waals surface area contributed by atoms with Crippen molar-refractivity contribution in [2.75, 3.05) is 5.75 Å². The lowest BCUT2D eigenvalue weighted by Gasteiger charge is -2.30. The number of carbonyl (C=O) groups excluding carboxylic acids is 2. The summed E-state index contributed by atoms with van der Waals surface area (Å²) in [5, 5.41) is 3.98. The largest absolute Gasteiger partial charge is 0.352 e. The number of hydrogen-bond donors (Lipinski definition) is 1. The number of benzene rings is 2. The Labute approximate surface area is 206 Å². The second-order valence-electron chi connectivity index (χ2n) is 8.24. The van der Waals surface area contributed by atoms with E-state index in [4.69, 9.17) is 23.2 Å². The Hall–Kier alpha value is -1.69. The molecule has 0 aliphatic carbocycles. The maximum absolute atomic E-state index is 13.2. The molecule has 0 heterocycles. The summed E-state index contributed by atoms with van der Waals surface area (Å²) in [5.41, 5.74) is 4.37. The summed E-state index contributed by atoms with van der Waals surface area (Å²) in [4.78, 5) is 27.6. The normalized spacial score (nSPS) is 12.8. The average Bonchev–Trinajstić information content (AvgIpc) is 2.71. The first-order chi connectivity index (χ1) is 15.1. The number of hydrogen-bond acceptors (Lipinski definition) is 3. The molecule has 2 rings (SSSR count). The Morgan fingerprint density at radius 1 is 1.06 bits per heavy atom. The number of nitrogens with one attached hydrogen (secondary N) is 1. The Bertz CT molecular complexity index is 931. The van der Waals surface area contributed by atoms with Crippen molar-refractivity contribution in [3.8, 4) is 0 Å². The van der Waals surface area contributed by atoms with Crippen LogP contribution in [0.3, 0.4) is 0 Å². The number of amides is 2. The van der Waals surface area contributed by atoms with Gasteiger partial charge in [-0.25, -0.2) is 0 Å². The number of rotatable bonds is 10. The third-order valence-electron chi connectivity index (χ3n) is 5.30. The monoisotopic (exact) mass is 494 g/mol. The van der Waals surface area contributed by atoms with E-state index in [1.54, 1.807) is 41.8 Å². The van der Waals surface area contributed by atoms with Crippen molar-refractivity contribution in [3.05, 3.63) is 68.7 Å². The molecular weight excluding hydrogens is 463 g/mol. The van der Waals surface area contributed by atoms with E-state index in [0.29, 0.717) is 10.0 Å². The molecule has 0 fully saturated rings. The molecule has 174 valence electrons. The molecule has 2 aromatic carbocycles. The quantitative estimate of drug-likeness (QED) is 0.429. The summed E-state index contributed by atoms with van der Waals surface area (Å²) in [5.74, 6) is 0.741. The van der Waals surface area contributed by atoms with E-state index in [9.17, 15) is 9.59 Å². The van der Waals surface area contributed by atoms with Crippen LogP contribution in [-0.2, 0) is 21.9 Å². The van der Waals surface area contributed by atoms with Gasteiger partial charge in [-0.3, -0.25) is 9.59 Å². The van der Waals surface area contributed by atoms with Gasteiger partial charge in [-0.05, 0) is 57.4 Å². The first-order valence-electron chi connectivity index (χ1n) is 10.8. The van der Waals surface area contributed by atoms with Crippen LogP contribution in [-0.4, -0.2) is 34.6 Å². The Kier molecular flexibility index (Phi) is 10.4. The van der Waals surface area contributed by atoms with E-state index < -0.39 is 6.04 Å². The second-order valence-corrected chi connectivity index (χ2v) is 10.1. The Morgan fingerprint density at radius 3 is 2.31 bits per heavy atom. The standard InChI is InChI=1S/C25H32Cl2N2O2S/c1-6-18(4)28-25(31)19(5)29(13-21-7-8-22(26)12-23(21)27)24(30)15-32-14-20-10-16(2)9-17(3)11-20/h7-12,18-19H,6,13-15H2,1-5H3,(H,28,31)/t18-,19-/m0/s1. The molecule has 0 aliphatic heterocycles. The van der Waals surface area contributed by atoms with Crippen molar-refractivity contribution in [3.63, 3.8) is 0 Å². The highest BCUT2D eigenvalue weighted by molar-refractivity contribution is 7.99. The molecular formula is C25H32Cl2N2O2S. The lowest BCUT2D eigenvalue weighted by Crippen LogP contribution is -2.50. The van der Waals surface area contributed by atoms with Gasteiger partial charge in [-0.1, -0.05) is 65.5 Å². The summed E-state index contributed by atoms with van der Waals surface area (Å²) >= 11 is 13.9. The van der Waals surface area contributed by atoms with Gasteiger partial charge in [0, 0.05) is 28.4 Å². The second kappa shape index (κ2) is 12.5. The van der Waals surface area contributed by atoms with Crippen molar-refractivity contribution >= 4 is 46.8 Å². The number of nitrogens with zero attached hydrogens (tertiary/aromatic N) is 1. The van der Waals surface area contributed by atoms with Crippen molar-refractivity contribution in [1.29, 1.82) is 0 Å². The number of halogens is 2. The van der Waals surface area contributed by atoms with Gasteiger partial charge in [-0.15, -0.1) is 11.8 Å². The smallest absolute Gasteiger partial charge is 0.242 e. The predicted molar refractivity (Wildman–Crippen MR) is 136 cm³/mol. The fraction of sp³-hybridized carbons (Fsp3) is 0.440. The van der Waals surface area contributed by atoms with Crippen LogP contribution in [0.5, 0.6) is 0 Å². The minimum atomic E-state index is -0.620. The molecule has 2 atom stereocenters. The fourth-order valence-corrected chi connectivity index (χ4v) is 4.69. The van der Waals surface area contributed by atoms with E-state index in [-0.39, 0.29) is 30.2 Å². The van der Waals surface area contributed by atoms with Gasteiger partial charge in [0.05, 0.1) is 5.75 Å². The van der Waals surface area contributed by atoms with Crippen molar-refractivity contribution < 1.29 is 9.59 Å². The molecule has 2 amide bonds. The Balaban J connectivity index is 2.14. The molecule has 0 bridgehead atoms. The molecule has 7 heteroatoms. The molecule has 0 aromatic heterocycles. The highest BCUT2D eigenvalue weighted by atomic mass is 35.5. The molecule has 4 nitrogen and oxygen atoms in total. The Morgan fingerprint density at radius 2 is 1.72 bits per heavy atom. The van der Waals surface area contributed by atoms with E-state index in [1.807, 2.05) is 13.8 Å². The van der Waals surface area contributed by atoms with Gasteiger partial charge in [0.25, 0.3) is 0 Å². The molecule has 0 aliphatic rings. The topological polar surface area (TPSA) is 49.4 Å². The maximum atomic E-state index is 13.2. The van der Waals surface area contributed by atoms with Crippen LogP contribution in [0.1, 0.15) is 49.4 Å². The van der Waals surface area contributed by atoms with Crippen molar-refractivity contribution in [2.45, 2.75) is 65.4 Å². The highest BCUT2D eigenvalue weighted by Gasteiger charge is 2.27. The van der Waals surface area contributed by atoms with Gasteiger partial charge in [0.15, 0.2) is 0 Å². The van der Waals surface area contributed by atoms with Crippen LogP contribution < -0.4 is 5.32 Å². The lowest BCUT2D eigenvalue weighted by molar-refractivity contribution is -0.138. The summed E-state index contributed by atoms with van der Waals surface area (Å²) in [7, 11) is 0. The molecule has 0 radical (unpaired) electrons. The minimum absolute atomic E-state index is 0.0416. The summed E-state index contributed by atoms with van der Waals surface area (Å²) < 4.78 is 0. The molecule has 2 aromatic rings. The molecule has 0 unspecified atom stereocenters. The van der Waals surface area contributed by atoms with E-state index in [1.165, 1.54) is 16.7 Å². The SMILES string of the molecule is CC[C@H](C)NC(=O)[C@H](C)N(Cc1ccc(Cl)cc1Cl)C(=O)CSCc1cc(C)cc(C)c1. The zero-order chi connectivity index (χ0) is 23.8. The molecule has 0 saturated heterocycles.